The van der Waals surface area contributed by atoms with Crippen molar-refractivity contribution in [3.8, 4) is 16.9 Å². The number of hydrogen-bond acceptors (Lipinski definition) is 2. The molecular formula is C16H19NO. The van der Waals surface area contributed by atoms with Crippen LogP contribution in [0.4, 0.5) is 0 Å². The van der Waals surface area contributed by atoms with Crippen molar-refractivity contribution in [3.63, 3.8) is 0 Å². The van der Waals surface area contributed by atoms with Crippen LogP contribution in [-0.4, -0.2) is 14.2 Å². The molecule has 2 aromatic carbocycles. The van der Waals surface area contributed by atoms with E-state index < -0.39 is 0 Å². The van der Waals surface area contributed by atoms with Gasteiger partial charge in [-0.05, 0) is 31.2 Å². The van der Waals surface area contributed by atoms with Gasteiger partial charge in [0, 0.05) is 12.1 Å². The fourth-order valence-electron chi connectivity index (χ4n) is 2.15. The molecule has 18 heavy (non-hydrogen) atoms. The van der Waals surface area contributed by atoms with E-state index in [0.717, 1.165) is 17.9 Å². The molecule has 0 heterocycles. The molecule has 0 aromatic heterocycles. The highest BCUT2D eigenvalue weighted by Gasteiger charge is 2.09. The molecule has 0 radical (unpaired) electrons. The molecule has 2 heteroatoms. The highest BCUT2D eigenvalue weighted by Crippen LogP contribution is 2.32. The zero-order chi connectivity index (χ0) is 13.0. The lowest BCUT2D eigenvalue weighted by Crippen LogP contribution is -2.06. The minimum absolute atomic E-state index is 0.855. The number of hydrogen-bond donors (Lipinski definition) is 1. The zero-order valence-electron chi connectivity index (χ0n) is 11.2. The molecule has 2 aromatic rings. The average molecular weight is 241 g/mol. The van der Waals surface area contributed by atoms with Gasteiger partial charge in [0.05, 0.1) is 7.11 Å². The molecule has 0 saturated heterocycles. The van der Waals surface area contributed by atoms with Crippen molar-refractivity contribution in [2.75, 3.05) is 14.2 Å². The van der Waals surface area contributed by atoms with Crippen molar-refractivity contribution in [3.05, 3.63) is 53.6 Å². The molecule has 0 saturated carbocycles. The summed E-state index contributed by atoms with van der Waals surface area (Å²) in [6.45, 7) is 2.97. The van der Waals surface area contributed by atoms with Gasteiger partial charge in [-0.15, -0.1) is 0 Å². The minimum atomic E-state index is 0.855. The summed E-state index contributed by atoms with van der Waals surface area (Å²) in [6.07, 6.45) is 0. The number of aryl methyl sites for hydroxylation is 1. The highest BCUT2D eigenvalue weighted by atomic mass is 16.5. The Balaban J connectivity index is 2.57. The number of nitrogens with one attached hydrogen (secondary N) is 1. The SMILES string of the molecule is CNCc1ccc(C)cc1-c1ccccc1OC. The lowest BCUT2D eigenvalue weighted by molar-refractivity contribution is 0.416. The summed E-state index contributed by atoms with van der Waals surface area (Å²) in [6, 6.07) is 14.7. The van der Waals surface area contributed by atoms with Crippen LogP contribution < -0.4 is 10.1 Å². The number of rotatable bonds is 4. The Hall–Kier alpha value is -1.80. The van der Waals surface area contributed by atoms with Crippen molar-refractivity contribution in [1.29, 1.82) is 0 Å². The standard InChI is InChI=1S/C16H19NO/c1-12-8-9-13(11-17-2)15(10-12)14-6-4-5-7-16(14)18-3/h4-10,17H,11H2,1-3H3. The highest BCUT2D eigenvalue weighted by molar-refractivity contribution is 5.74. The molecule has 0 bridgehead atoms. The van der Waals surface area contributed by atoms with Crippen LogP contribution in [0.25, 0.3) is 11.1 Å². The minimum Gasteiger partial charge on any atom is -0.496 e. The summed E-state index contributed by atoms with van der Waals surface area (Å²) in [5.74, 6) is 0.917. The second-order valence-corrected chi connectivity index (χ2v) is 4.39. The number of para-hydroxylation sites is 1. The fourth-order valence-corrected chi connectivity index (χ4v) is 2.15. The summed E-state index contributed by atoms with van der Waals surface area (Å²) in [4.78, 5) is 0. The van der Waals surface area contributed by atoms with E-state index in [1.54, 1.807) is 7.11 Å². The van der Waals surface area contributed by atoms with Gasteiger partial charge in [0.1, 0.15) is 5.75 Å². The van der Waals surface area contributed by atoms with E-state index in [0.29, 0.717) is 0 Å². The molecule has 0 amide bonds. The van der Waals surface area contributed by atoms with Crippen LogP contribution in [0.2, 0.25) is 0 Å². The normalized spacial score (nSPS) is 10.4. The third-order valence-electron chi connectivity index (χ3n) is 3.03. The second-order valence-electron chi connectivity index (χ2n) is 4.39. The van der Waals surface area contributed by atoms with Crippen LogP contribution in [0.5, 0.6) is 5.75 Å². The van der Waals surface area contributed by atoms with Gasteiger partial charge in [0.15, 0.2) is 0 Å². The lowest BCUT2D eigenvalue weighted by atomic mass is 9.97. The average Bonchev–Trinajstić information content (AvgIpc) is 2.41. The first-order chi connectivity index (χ1) is 8.76. The molecule has 0 unspecified atom stereocenters. The fraction of sp³-hybridized carbons (Fsp3) is 0.250. The van der Waals surface area contributed by atoms with Crippen LogP contribution in [0.1, 0.15) is 11.1 Å². The van der Waals surface area contributed by atoms with Gasteiger partial charge in [0.25, 0.3) is 0 Å². The van der Waals surface area contributed by atoms with E-state index in [1.807, 2.05) is 25.2 Å². The Morgan fingerprint density at radius 3 is 2.56 bits per heavy atom. The van der Waals surface area contributed by atoms with E-state index >= 15 is 0 Å². The van der Waals surface area contributed by atoms with Crippen molar-refractivity contribution < 1.29 is 4.74 Å². The molecule has 0 aliphatic rings. The molecule has 0 atom stereocenters. The lowest BCUT2D eigenvalue weighted by Gasteiger charge is -2.13. The van der Waals surface area contributed by atoms with E-state index in [9.17, 15) is 0 Å². The summed E-state index contributed by atoms with van der Waals surface area (Å²) in [5.41, 5.74) is 4.93. The van der Waals surface area contributed by atoms with Crippen LogP contribution in [-0.2, 0) is 6.54 Å². The first kappa shape index (κ1) is 12.7. The van der Waals surface area contributed by atoms with Gasteiger partial charge < -0.3 is 10.1 Å². The Bertz CT molecular complexity index is 534. The number of benzene rings is 2. The smallest absolute Gasteiger partial charge is 0.126 e. The van der Waals surface area contributed by atoms with Crippen molar-refractivity contribution in [1.82, 2.24) is 5.32 Å². The number of methoxy groups -OCH3 is 1. The Kier molecular flexibility index (Phi) is 4.00. The third-order valence-corrected chi connectivity index (χ3v) is 3.03. The van der Waals surface area contributed by atoms with Gasteiger partial charge in [-0.3, -0.25) is 0 Å². The van der Waals surface area contributed by atoms with Crippen LogP contribution >= 0.6 is 0 Å². The molecule has 2 nitrogen and oxygen atoms in total. The van der Waals surface area contributed by atoms with Crippen LogP contribution in [0, 0.1) is 6.92 Å². The first-order valence-electron chi connectivity index (χ1n) is 6.13. The van der Waals surface area contributed by atoms with Crippen molar-refractivity contribution in [2.24, 2.45) is 0 Å². The van der Waals surface area contributed by atoms with Gasteiger partial charge in [-0.25, -0.2) is 0 Å². The maximum atomic E-state index is 5.45. The zero-order valence-corrected chi connectivity index (χ0v) is 11.2. The summed E-state index contributed by atoms with van der Waals surface area (Å²) < 4.78 is 5.45. The monoisotopic (exact) mass is 241 g/mol. The Morgan fingerprint density at radius 1 is 1.06 bits per heavy atom. The van der Waals surface area contributed by atoms with E-state index in [-0.39, 0.29) is 0 Å². The molecule has 0 aliphatic carbocycles. The summed E-state index contributed by atoms with van der Waals surface area (Å²) >= 11 is 0. The quantitative estimate of drug-likeness (QED) is 0.886. The molecule has 94 valence electrons. The molecule has 0 spiro atoms. The largest absolute Gasteiger partial charge is 0.496 e. The summed E-state index contributed by atoms with van der Waals surface area (Å²) in [7, 11) is 3.68. The third kappa shape index (κ3) is 2.54. The molecule has 2 rings (SSSR count). The van der Waals surface area contributed by atoms with Gasteiger partial charge in [-0.1, -0.05) is 42.0 Å². The molecule has 0 aliphatic heterocycles. The predicted molar refractivity (Wildman–Crippen MR) is 75.9 cm³/mol. The topological polar surface area (TPSA) is 21.3 Å². The van der Waals surface area contributed by atoms with Gasteiger partial charge >= 0.3 is 0 Å². The molecule has 1 N–H and O–H groups in total. The van der Waals surface area contributed by atoms with E-state index in [1.165, 1.54) is 16.7 Å². The van der Waals surface area contributed by atoms with E-state index in [2.05, 4.69) is 36.5 Å². The van der Waals surface area contributed by atoms with Crippen molar-refractivity contribution >= 4 is 0 Å². The molecule has 0 fully saturated rings. The Morgan fingerprint density at radius 2 is 1.83 bits per heavy atom. The van der Waals surface area contributed by atoms with Crippen LogP contribution in [0.3, 0.4) is 0 Å². The summed E-state index contributed by atoms with van der Waals surface area (Å²) in [5, 5.41) is 3.21. The first-order valence-corrected chi connectivity index (χ1v) is 6.13. The Labute approximate surface area is 109 Å². The van der Waals surface area contributed by atoms with Gasteiger partial charge in [-0.2, -0.15) is 0 Å². The maximum Gasteiger partial charge on any atom is 0.126 e. The maximum absolute atomic E-state index is 5.45. The van der Waals surface area contributed by atoms with Crippen LogP contribution in [0.15, 0.2) is 42.5 Å². The van der Waals surface area contributed by atoms with Gasteiger partial charge in [0.2, 0.25) is 0 Å². The predicted octanol–water partition coefficient (Wildman–Crippen LogP) is 3.39. The van der Waals surface area contributed by atoms with E-state index in [4.69, 9.17) is 4.74 Å². The number of ether oxygens (including phenoxy) is 1. The molecular weight excluding hydrogens is 222 g/mol. The second kappa shape index (κ2) is 5.69. The van der Waals surface area contributed by atoms with Crippen molar-refractivity contribution in [2.45, 2.75) is 13.5 Å².